The Morgan fingerprint density at radius 3 is 2.92 bits per heavy atom. The van der Waals surface area contributed by atoms with Crippen LogP contribution < -0.4 is 5.32 Å². The molecule has 3 heterocycles. The number of piperidine rings is 1. The van der Waals surface area contributed by atoms with Gasteiger partial charge in [-0.15, -0.1) is 0 Å². The zero-order valence-electron chi connectivity index (χ0n) is 13.6. The molecule has 2 amide bonds. The van der Waals surface area contributed by atoms with Crippen molar-refractivity contribution in [1.29, 1.82) is 0 Å². The summed E-state index contributed by atoms with van der Waals surface area (Å²) >= 11 is 0. The fourth-order valence-electron chi connectivity index (χ4n) is 3.62. The summed E-state index contributed by atoms with van der Waals surface area (Å²) in [5, 5.41) is 7.08. The number of nitrogens with zero attached hydrogens (tertiary/aromatic N) is 3. The minimum atomic E-state index is 0.0767. The van der Waals surface area contributed by atoms with Gasteiger partial charge in [0.05, 0.1) is 6.54 Å². The van der Waals surface area contributed by atoms with Crippen molar-refractivity contribution < 1.29 is 9.32 Å². The first-order valence-electron chi connectivity index (χ1n) is 8.57. The Balaban J connectivity index is 1.40. The number of aromatic nitrogens is 1. The summed E-state index contributed by atoms with van der Waals surface area (Å²) in [6.07, 6.45) is 2.18. The third kappa shape index (κ3) is 3.14. The number of benzene rings is 1. The molecule has 2 aliphatic heterocycles. The number of carbonyl (C=O) groups excluding carboxylic acids is 1. The largest absolute Gasteiger partial charge is 0.359 e. The maximum absolute atomic E-state index is 11.9. The van der Waals surface area contributed by atoms with Crippen molar-refractivity contribution in [1.82, 2.24) is 20.3 Å². The fraction of sp³-hybridized carbons (Fsp3) is 0.444. The number of hydrogen-bond acceptors (Lipinski definition) is 4. The molecule has 1 atom stereocenters. The third-order valence-corrected chi connectivity index (χ3v) is 4.82. The highest BCUT2D eigenvalue weighted by Gasteiger charge is 2.31. The highest BCUT2D eigenvalue weighted by Crippen LogP contribution is 2.22. The van der Waals surface area contributed by atoms with E-state index in [0.717, 1.165) is 62.6 Å². The summed E-state index contributed by atoms with van der Waals surface area (Å²) in [4.78, 5) is 16.2. The topological polar surface area (TPSA) is 61.6 Å². The Morgan fingerprint density at radius 1 is 1.25 bits per heavy atom. The standard InChI is InChI=1S/C18H22N4O2/c23-18-19-8-10-22(18)15-7-4-9-21(12-15)13-16-11-17(20-24-16)14-5-2-1-3-6-14/h1-3,5-6,11,15H,4,7-10,12-13H2,(H,19,23)/t15-/m0/s1. The maximum Gasteiger partial charge on any atom is 0.317 e. The van der Waals surface area contributed by atoms with Crippen LogP contribution in [0, 0.1) is 0 Å². The minimum absolute atomic E-state index is 0.0767. The lowest BCUT2D eigenvalue weighted by Crippen LogP contribution is -2.48. The van der Waals surface area contributed by atoms with Gasteiger partial charge in [0.1, 0.15) is 5.69 Å². The fourth-order valence-corrected chi connectivity index (χ4v) is 3.62. The average Bonchev–Trinajstić information content (AvgIpc) is 3.25. The quantitative estimate of drug-likeness (QED) is 0.937. The third-order valence-electron chi connectivity index (χ3n) is 4.82. The first-order valence-corrected chi connectivity index (χ1v) is 8.57. The van der Waals surface area contributed by atoms with Crippen LogP contribution in [0.3, 0.4) is 0 Å². The van der Waals surface area contributed by atoms with E-state index in [4.69, 9.17) is 4.52 Å². The zero-order valence-corrected chi connectivity index (χ0v) is 13.6. The van der Waals surface area contributed by atoms with Crippen LogP contribution in [0.1, 0.15) is 18.6 Å². The number of rotatable bonds is 4. The molecule has 0 bridgehead atoms. The van der Waals surface area contributed by atoms with Gasteiger partial charge in [-0.3, -0.25) is 4.90 Å². The van der Waals surface area contributed by atoms with Gasteiger partial charge in [-0.05, 0) is 19.4 Å². The Bertz CT molecular complexity index is 700. The predicted octanol–water partition coefficient (Wildman–Crippen LogP) is 2.33. The van der Waals surface area contributed by atoms with Gasteiger partial charge < -0.3 is 14.7 Å². The Labute approximate surface area is 141 Å². The zero-order chi connectivity index (χ0) is 16.4. The second-order valence-corrected chi connectivity index (χ2v) is 6.50. The van der Waals surface area contributed by atoms with Gasteiger partial charge in [0.15, 0.2) is 5.76 Å². The van der Waals surface area contributed by atoms with Gasteiger partial charge in [0.25, 0.3) is 0 Å². The molecule has 0 aliphatic carbocycles. The molecule has 2 fully saturated rings. The van der Waals surface area contributed by atoms with E-state index in [1.165, 1.54) is 0 Å². The molecular weight excluding hydrogens is 304 g/mol. The predicted molar refractivity (Wildman–Crippen MR) is 90.3 cm³/mol. The molecule has 1 N–H and O–H groups in total. The minimum Gasteiger partial charge on any atom is -0.359 e. The Kier molecular flexibility index (Phi) is 4.21. The molecule has 6 nitrogen and oxygen atoms in total. The lowest BCUT2D eigenvalue weighted by atomic mass is 10.0. The second-order valence-electron chi connectivity index (χ2n) is 6.50. The van der Waals surface area contributed by atoms with Gasteiger partial charge >= 0.3 is 6.03 Å². The van der Waals surface area contributed by atoms with Crippen molar-refractivity contribution in [3.8, 4) is 11.3 Å². The number of hydrogen-bond donors (Lipinski definition) is 1. The van der Waals surface area contributed by atoms with E-state index in [1.54, 1.807) is 0 Å². The van der Waals surface area contributed by atoms with Crippen molar-refractivity contribution in [2.24, 2.45) is 0 Å². The number of nitrogens with one attached hydrogen (secondary N) is 1. The summed E-state index contributed by atoms with van der Waals surface area (Å²) in [6, 6.07) is 12.5. The molecule has 126 valence electrons. The Hall–Kier alpha value is -2.34. The average molecular weight is 326 g/mol. The first-order chi connectivity index (χ1) is 11.8. The molecule has 2 saturated heterocycles. The SMILES string of the molecule is O=C1NCCN1[C@H]1CCCN(Cc2cc(-c3ccccc3)no2)C1. The molecule has 0 radical (unpaired) electrons. The van der Waals surface area contributed by atoms with Crippen molar-refractivity contribution in [2.45, 2.75) is 25.4 Å². The molecule has 1 aromatic heterocycles. The highest BCUT2D eigenvalue weighted by atomic mass is 16.5. The van der Waals surface area contributed by atoms with E-state index in [9.17, 15) is 4.79 Å². The Morgan fingerprint density at radius 2 is 2.12 bits per heavy atom. The number of amides is 2. The summed E-state index contributed by atoms with van der Waals surface area (Å²) in [5.41, 5.74) is 1.94. The molecule has 1 aromatic carbocycles. The summed E-state index contributed by atoms with van der Waals surface area (Å²) in [6.45, 7) is 4.25. The monoisotopic (exact) mass is 326 g/mol. The van der Waals surface area contributed by atoms with Gasteiger partial charge in [-0.2, -0.15) is 0 Å². The molecule has 24 heavy (non-hydrogen) atoms. The van der Waals surface area contributed by atoms with Crippen molar-refractivity contribution in [3.63, 3.8) is 0 Å². The molecule has 0 saturated carbocycles. The van der Waals surface area contributed by atoms with Crippen LogP contribution in [0.25, 0.3) is 11.3 Å². The van der Waals surface area contributed by atoms with Gasteiger partial charge in [-0.25, -0.2) is 4.79 Å². The lowest BCUT2D eigenvalue weighted by Gasteiger charge is -2.36. The molecule has 0 spiro atoms. The van der Waals surface area contributed by atoms with Crippen LogP contribution in [0.5, 0.6) is 0 Å². The molecular formula is C18H22N4O2. The van der Waals surface area contributed by atoms with Crippen molar-refractivity contribution >= 4 is 6.03 Å². The first kappa shape index (κ1) is 15.2. The van der Waals surface area contributed by atoms with Crippen molar-refractivity contribution in [3.05, 3.63) is 42.2 Å². The molecule has 2 aromatic rings. The van der Waals surface area contributed by atoms with E-state index in [1.807, 2.05) is 41.3 Å². The molecule has 2 aliphatic rings. The van der Waals surface area contributed by atoms with Crippen LogP contribution in [-0.4, -0.2) is 53.2 Å². The van der Waals surface area contributed by atoms with E-state index in [0.29, 0.717) is 6.04 Å². The number of urea groups is 1. The second kappa shape index (κ2) is 6.65. The highest BCUT2D eigenvalue weighted by molar-refractivity contribution is 5.76. The molecule has 4 rings (SSSR count). The van der Waals surface area contributed by atoms with Crippen LogP contribution >= 0.6 is 0 Å². The number of likely N-dealkylation sites (tertiary alicyclic amines) is 1. The maximum atomic E-state index is 11.9. The molecule has 0 unspecified atom stereocenters. The normalized spacial score (nSPS) is 21.9. The smallest absolute Gasteiger partial charge is 0.317 e. The van der Waals surface area contributed by atoms with Crippen LogP contribution in [0.15, 0.2) is 40.9 Å². The van der Waals surface area contributed by atoms with Crippen LogP contribution in [0.2, 0.25) is 0 Å². The number of carbonyl (C=O) groups is 1. The van der Waals surface area contributed by atoms with E-state index >= 15 is 0 Å². The van der Waals surface area contributed by atoms with E-state index in [-0.39, 0.29) is 6.03 Å². The summed E-state index contributed by atoms with van der Waals surface area (Å²) < 4.78 is 5.52. The lowest BCUT2D eigenvalue weighted by molar-refractivity contribution is 0.115. The molecule has 6 heteroatoms. The van der Waals surface area contributed by atoms with Crippen LogP contribution in [0.4, 0.5) is 4.79 Å². The van der Waals surface area contributed by atoms with E-state index in [2.05, 4.69) is 15.4 Å². The van der Waals surface area contributed by atoms with Crippen LogP contribution in [-0.2, 0) is 6.54 Å². The van der Waals surface area contributed by atoms with Gasteiger partial charge in [0.2, 0.25) is 0 Å². The van der Waals surface area contributed by atoms with Crippen molar-refractivity contribution in [2.75, 3.05) is 26.2 Å². The van der Waals surface area contributed by atoms with Gasteiger partial charge in [-0.1, -0.05) is 35.5 Å². The van der Waals surface area contributed by atoms with E-state index < -0.39 is 0 Å². The van der Waals surface area contributed by atoms with Gasteiger partial charge in [0, 0.05) is 37.3 Å². The summed E-state index contributed by atoms with van der Waals surface area (Å²) in [5.74, 6) is 0.875. The summed E-state index contributed by atoms with van der Waals surface area (Å²) in [7, 11) is 0.